The van der Waals surface area contributed by atoms with Crippen molar-refractivity contribution < 1.29 is 4.39 Å². The Morgan fingerprint density at radius 3 is 2.15 bits per heavy atom. The maximum absolute atomic E-state index is 14.0. The number of para-hydroxylation sites is 1. The molecule has 138 valence electrons. The van der Waals surface area contributed by atoms with Crippen LogP contribution in [0.3, 0.4) is 0 Å². The Morgan fingerprint density at radius 1 is 0.962 bits per heavy atom. The molecule has 1 heterocycles. The van der Waals surface area contributed by atoms with Gasteiger partial charge in [0.1, 0.15) is 10.8 Å². The van der Waals surface area contributed by atoms with Crippen LogP contribution in [0.2, 0.25) is 0 Å². The predicted molar refractivity (Wildman–Crippen MR) is 112 cm³/mol. The zero-order chi connectivity index (χ0) is 18.5. The first-order valence-electron chi connectivity index (χ1n) is 9.27. The van der Waals surface area contributed by atoms with E-state index in [1.165, 1.54) is 11.8 Å². The Hall–Kier alpha value is -2.14. The monoisotopic (exact) mass is 371 g/mol. The van der Waals surface area contributed by atoms with Crippen molar-refractivity contribution in [2.45, 2.75) is 13.8 Å². The van der Waals surface area contributed by atoms with Gasteiger partial charge in [-0.05, 0) is 50.2 Å². The molecule has 0 saturated carbocycles. The zero-order valence-electron chi connectivity index (χ0n) is 15.5. The van der Waals surface area contributed by atoms with Crippen LogP contribution < -0.4 is 9.80 Å². The summed E-state index contributed by atoms with van der Waals surface area (Å²) in [6, 6.07) is 15.5. The molecule has 0 spiro atoms. The molecule has 1 aliphatic rings. The highest BCUT2D eigenvalue weighted by Crippen LogP contribution is 2.22. The van der Waals surface area contributed by atoms with E-state index in [1.807, 2.05) is 12.1 Å². The van der Waals surface area contributed by atoms with E-state index in [0.29, 0.717) is 5.69 Å². The largest absolute Gasteiger partial charge is 0.372 e. The molecule has 3 rings (SSSR count). The van der Waals surface area contributed by atoms with E-state index in [4.69, 9.17) is 12.2 Å². The van der Waals surface area contributed by atoms with Gasteiger partial charge in [0.15, 0.2) is 0 Å². The van der Waals surface area contributed by atoms with E-state index in [0.717, 1.165) is 49.8 Å². The van der Waals surface area contributed by atoms with Crippen LogP contribution in [0.1, 0.15) is 19.4 Å². The van der Waals surface area contributed by atoms with E-state index in [1.54, 1.807) is 6.07 Å². The third-order valence-electron chi connectivity index (χ3n) is 5.00. The second kappa shape index (κ2) is 8.49. The van der Waals surface area contributed by atoms with Gasteiger partial charge in [-0.25, -0.2) is 4.39 Å². The Labute approximate surface area is 161 Å². The first kappa shape index (κ1) is 18.6. The van der Waals surface area contributed by atoms with Gasteiger partial charge in [0.05, 0.1) is 5.69 Å². The Balaban J connectivity index is 1.62. The standard InChI is InChI=1S/C21H26FN3S/c1-3-23(4-2)18-11-9-17(10-12-18)21(26)25-15-13-24(14-16-25)20-8-6-5-7-19(20)22/h5-12H,3-4,13-16H2,1-2H3. The van der Waals surface area contributed by atoms with Crippen molar-refractivity contribution >= 4 is 28.6 Å². The Morgan fingerprint density at radius 2 is 1.58 bits per heavy atom. The smallest absolute Gasteiger partial charge is 0.146 e. The highest BCUT2D eigenvalue weighted by atomic mass is 32.1. The summed E-state index contributed by atoms with van der Waals surface area (Å²) in [5.74, 6) is -0.157. The number of hydrogen-bond donors (Lipinski definition) is 0. The third kappa shape index (κ3) is 3.98. The van der Waals surface area contributed by atoms with Crippen molar-refractivity contribution in [2.24, 2.45) is 0 Å². The van der Waals surface area contributed by atoms with Crippen molar-refractivity contribution in [3.63, 3.8) is 0 Å². The highest BCUT2D eigenvalue weighted by Gasteiger charge is 2.21. The van der Waals surface area contributed by atoms with E-state index in [2.05, 4.69) is 52.8 Å². The molecular formula is C21H26FN3S. The van der Waals surface area contributed by atoms with Crippen molar-refractivity contribution in [3.05, 3.63) is 59.9 Å². The molecular weight excluding hydrogens is 345 g/mol. The number of thiocarbonyl (C=S) groups is 1. The van der Waals surface area contributed by atoms with E-state index >= 15 is 0 Å². The fourth-order valence-corrected chi connectivity index (χ4v) is 3.76. The van der Waals surface area contributed by atoms with E-state index in [-0.39, 0.29) is 5.82 Å². The second-order valence-corrected chi connectivity index (χ2v) is 6.84. The summed E-state index contributed by atoms with van der Waals surface area (Å²) in [7, 11) is 0. The van der Waals surface area contributed by atoms with Crippen molar-refractivity contribution in [2.75, 3.05) is 49.1 Å². The first-order valence-corrected chi connectivity index (χ1v) is 9.68. The summed E-state index contributed by atoms with van der Waals surface area (Å²) in [4.78, 5) is 7.51. The summed E-state index contributed by atoms with van der Waals surface area (Å²) in [6.45, 7) is 9.50. The maximum atomic E-state index is 14.0. The molecule has 0 amide bonds. The molecule has 1 aliphatic heterocycles. The number of hydrogen-bond acceptors (Lipinski definition) is 3. The second-order valence-electron chi connectivity index (χ2n) is 6.45. The van der Waals surface area contributed by atoms with Crippen LogP contribution in [0, 0.1) is 5.82 Å². The summed E-state index contributed by atoms with van der Waals surface area (Å²) in [5, 5.41) is 0. The average molecular weight is 372 g/mol. The van der Waals surface area contributed by atoms with Crippen LogP contribution in [0.5, 0.6) is 0 Å². The zero-order valence-corrected chi connectivity index (χ0v) is 16.3. The van der Waals surface area contributed by atoms with Gasteiger partial charge in [0, 0.05) is 50.5 Å². The lowest BCUT2D eigenvalue weighted by Crippen LogP contribution is -2.48. The fourth-order valence-electron chi connectivity index (χ4n) is 3.44. The van der Waals surface area contributed by atoms with Crippen LogP contribution in [0.25, 0.3) is 0 Å². The topological polar surface area (TPSA) is 9.72 Å². The molecule has 2 aromatic rings. The average Bonchev–Trinajstić information content (AvgIpc) is 2.69. The molecule has 0 radical (unpaired) electrons. The van der Waals surface area contributed by atoms with Crippen LogP contribution >= 0.6 is 12.2 Å². The molecule has 0 aliphatic carbocycles. The number of halogens is 1. The lowest BCUT2D eigenvalue weighted by Gasteiger charge is -2.37. The SMILES string of the molecule is CCN(CC)c1ccc(C(=S)N2CCN(c3ccccc3F)CC2)cc1. The summed E-state index contributed by atoms with van der Waals surface area (Å²) >= 11 is 5.71. The molecule has 5 heteroatoms. The van der Waals surface area contributed by atoms with Crippen LogP contribution in [-0.2, 0) is 0 Å². The van der Waals surface area contributed by atoms with Gasteiger partial charge in [-0.1, -0.05) is 24.4 Å². The van der Waals surface area contributed by atoms with E-state index in [9.17, 15) is 4.39 Å². The van der Waals surface area contributed by atoms with Gasteiger partial charge in [0.2, 0.25) is 0 Å². The Kier molecular flexibility index (Phi) is 6.09. The van der Waals surface area contributed by atoms with Gasteiger partial charge in [-0.3, -0.25) is 0 Å². The third-order valence-corrected chi connectivity index (χ3v) is 5.50. The fraction of sp³-hybridized carbons (Fsp3) is 0.381. The molecule has 0 aromatic heterocycles. The van der Waals surface area contributed by atoms with Crippen molar-refractivity contribution in [3.8, 4) is 0 Å². The normalized spacial score (nSPS) is 14.4. The molecule has 1 saturated heterocycles. The molecule has 0 N–H and O–H groups in total. The summed E-state index contributed by atoms with van der Waals surface area (Å²) < 4.78 is 14.0. The van der Waals surface area contributed by atoms with Crippen LogP contribution in [-0.4, -0.2) is 49.2 Å². The minimum Gasteiger partial charge on any atom is -0.372 e. The van der Waals surface area contributed by atoms with Crippen molar-refractivity contribution in [1.82, 2.24) is 4.90 Å². The van der Waals surface area contributed by atoms with E-state index < -0.39 is 0 Å². The van der Waals surface area contributed by atoms with Gasteiger partial charge in [0.25, 0.3) is 0 Å². The summed E-state index contributed by atoms with van der Waals surface area (Å²) in [5.41, 5.74) is 2.99. The maximum Gasteiger partial charge on any atom is 0.146 e. The molecule has 3 nitrogen and oxygen atoms in total. The minimum atomic E-state index is -0.157. The first-order chi connectivity index (χ1) is 12.6. The van der Waals surface area contributed by atoms with Gasteiger partial charge < -0.3 is 14.7 Å². The molecule has 0 atom stereocenters. The number of benzene rings is 2. The number of nitrogens with zero attached hydrogens (tertiary/aromatic N) is 3. The van der Waals surface area contributed by atoms with Gasteiger partial charge in [-0.2, -0.15) is 0 Å². The molecule has 0 unspecified atom stereocenters. The Bertz CT molecular complexity index is 735. The quantitative estimate of drug-likeness (QED) is 0.730. The number of rotatable bonds is 5. The summed E-state index contributed by atoms with van der Waals surface area (Å²) in [6.07, 6.45) is 0. The molecule has 1 fully saturated rings. The predicted octanol–water partition coefficient (Wildman–Crippen LogP) is 4.17. The lowest BCUT2D eigenvalue weighted by molar-refractivity contribution is 0.390. The minimum absolute atomic E-state index is 0.157. The molecule has 26 heavy (non-hydrogen) atoms. The van der Waals surface area contributed by atoms with Crippen LogP contribution in [0.4, 0.5) is 15.8 Å². The molecule has 0 bridgehead atoms. The highest BCUT2D eigenvalue weighted by molar-refractivity contribution is 7.80. The van der Waals surface area contributed by atoms with Crippen molar-refractivity contribution in [1.29, 1.82) is 0 Å². The number of piperazine rings is 1. The van der Waals surface area contributed by atoms with Crippen LogP contribution in [0.15, 0.2) is 48.5 Å². The lowest BCUT2D eigenvalue weighted by atomic mass is 10.1. The van der Waals surface area contributed by atoms with Gasteiger partial charge >= 0.3 is 0 Å². The number of anilines is 2. The molecule has 2 aromatic carbocycles. The van der Waals surface area contributed by atoms with Gasteiger partial charge in [-0.15, -0.1) is 0 Å².